The van der Waals surface area contributed by atoms with Crippen molar-refractivity contribution in [3.05, 3.63) is 36.2 Å². The summed E-state index contributed by atoms with van der Waals surface area (Å²) in [5.41, 5.74) is 3.02. The Hall–Kier alpha value is -2.83. The van der Waals surface area contributed by atoms with Crippen molar-refractivity contribution >= 4 is 17.1 Å². The van der Waals surface area contributed by atoms with Crippen molar-refractivity contribution in [2.45, 2.75) is 0 Å². The highest BCUT2D eigenvalue weighted by atomic mass is 16.5. The van der Waals surface area contributed by atoms with Crippen LogP contribution in [0.1, 0.15) is 10.4 Å². The second-order valence-electron chi connectivity index (χ2n) is 3.83. The van der Waals surface area contributed by atoms with Gasteiger partial charge in [0.25, 0.3) is 0 Å². The molecule has 0 amide bonds. The number of ether oxygens (including phenoxy) is 1. The number of H-pyrrole nitrogens is 1. The van der Waals surface area contributed by atoms with E-state index in [0.717, 1.165) is 5.52 Å². The fraction of sp³-hybridized carbons (Fsp3) is 0.0833. The molecule has 0 fully saturated rings. The highest BCUT2D eigenvalue weighted by Crippen LogP contribution is 2.19. The van der Waals surface area contributed by atoms with Crippen molar-refractivity contribution in [1.82, 2.24) is 25.4 Å². The number of nitrogens with zero attached hydrogens (tertiary/aromatic N) is 4. The normalized spacial score (nSPS) is 10.6. The largest absolute Gasteiger partial charge is 0.465 e. The van der Waals surface area contributed by atoms with Gasteiger partial charge in [-0.2, -0.15) is 0 Å². The quantitative estimate of drug-likeness (QED) is 0.691. The Morgan fingerprint density at radius 1 is 1.32 bits per heavy atom. The van der Waals surface area contributed by atoms with Crippen LogP contribution < -0.4 is 0 Å². The summed E-state index contributed by atoms with van der Waals surface area (Å²) in [6.45, 7) is 0. The van der Waals surface area contributed by atoms with E-state index in [0.29, 0.717) is 22.5 Å². The molecule has 19 heavy (non-hydrogen) atoms. The number of hydrogen-bond donors (Lipinski definition) is 1. The molecule has 0 aliphatic rings. The van der Waals surface area contributed by atoms with Gasteiger partial charge in [0.05, 0.1) is 18.4 Å². The standard InChI is InChI=1S/C12H9N5O2/c1-19-12(18)8-4-7(5-13-6-8)9-2-3-10-11(14-9)16-17-15-10/h2-6H,1H3,(H,14,15,16,17). The Kier molecular flexibility index (Phi) is 2.64. The summed E-state index contributed by atoms with van der Waals surface area (Å²) >= 11 is 0. The number of carbonyl (C=O) groups is 1. The van der Waals surface area contributed by atoms with Crippen molar-refractivity contribution in [2.24, 2.45) is 0 Å². The van der Waals surface area contributed by atoms with Crippen molar-refractivity contribution in [3.8, 4) is 11.3 Å². The molecule has 0 aromatic carbocycles. The lowest BCUT2D eigenvalue weighted by Gasteiger charge is -2.02. The van der Waals surface area contributed by atoms with Crippen LogP contribution in [0.25, 0.3) is 22.4 Å². The first-order valence-electron chi connectivity index (χ1n) is 5.49. The van der Waals surface area contributed by atoms with Crippen molar-refractivity contribution in [3.63, 3.8) is 0 Å². The van der Waals surface area contributed by atoms with Crippen molar-refractivity contribution in [2.75, 3.05) is 7.11 Å². The number of aromatic nitrogens is 5. The van der Waals surface area contributed by atoms with E-state index >= 15 is 0 Å². The number of pyridine rings is 2. The molecule has 0 spiro atoms. The molecule has 7 heteroatoms. The zero-order chi connectivity index (χ0) is 13.2. The summed E-state index contributed by atoms with van der Waals surface area (Å²) in [6.07, 6.45) is 3.07. The van der Waals surface area contributed by atoms with Gasteiger partial charge in [0, 0.05) is 18.0 Å². The molecule has 3 aromatic heterocycles. The fourth-order valence-electron chi connectivity index (χ4n) is 1.71. The second-order valence-corrected chi connectivity index (χ2v) is 3.83. The molecule has 0 saturated heterocycles. The lowest BCUT2D eigenvalue weighted by atomic mass is 10.1. The number of rotatable bonds is 2. The Morgan fingerprint density at radius 3 is 3.05 bits per heavy atom. The van der Waals surface area contributed by atoms with E-state index in [1.54, 1.807) is 18.3 Å². The zero-order valence-electron chi connectivity index (χ0n) is 9.99. The number of esters is 1. The summed E-state index contributed by atoms with van der Waals surface area (Å²) in [6, 6.07) is 5.30. The van der Waals surface area contributed by atoms with Crippen molar-refractivity contribution < 1.29 is 9.53 Å². The van der Waals surface area contributed by atoms with Crippen LogP contribution in [0.5, 0.6) is 0 Å². The van der Waals surface area contributed by atoms with Crippen LogP contribution >= 0.6 is 0 Å². The van der Waals surface area contributed by atoms with Gasteiger partial charge in [-0.1, -0.05) is 5.21 Å². The molecule has 94 valence electrons. The van der Waals surface area contributed by atoms with E-state index in [1.165, 1.54) is 13.3 Å². The highest BCUT2D eigenvalue weighted by Gasteiger charge is 2.09. The van der Waals surface area contributed by atoms with E-state index in [1.807, 2.05) is 6.07 Å². The number of fused-ring (bicyclic) bond motifs is 1. The van der Waals surface area contributed by atoms with Gasteiger partial charge >= 0.3 is 5.97 Å². The summed E-state index contributed by atoms with van der Waals surface area (Å²) in [7, 11) is 1.33. The minimum Gasteiger partial charge on any atom is -0.465 e. The highest BCUT2D eigenvalue weighted by molar-refractivity contribution is 5.90. The minimum atomic E-state index is -0.433. The van der Waals surface area contributed by atoms with Gasteiger partial charge < -0.3 is 4.74 Å². The van der Waals surface area contributed by atoms with Gasteiger partial charge in [-0.25, -0.2) is 9.78 Å². The number of carbonyl (C=O) groups excluding carboxylic acids is 1. The molecule has 3 heterocycles. The maximum absolute atomic E-state index is 11.5. The summed E-state index contributed by atoms with van der Waals surface area (Å²) in [4.78, 5) is 19.8. The molecule has 0 aliphatic carbocycles. The Bertz CT molecular complexity index is 752. The van der Waals surface area contributed by atoms with Crippen LogP contribution in [0.2, 0.25) is 0 Å². The molecular weight excluding hydrogens is 246 g/mol. The van der Waals surface area contributed by atoms with Gasteiger partial charge in [-0.05, 0) is 18.2 Å². The molecule has 0 saturated carbocycles. The first-order chi connectivity index (χ1) is 9.28. The van der Waals surface area contributed by atoms with Crippen LogP contribution in [-0.2, 0) is 4.74 Å². The number of nitrogens with one attached hydrogen (secondary N) is 1. The van der Waals surface area contributed by atoms with Gasteiger partial charge in [-0.15, -0.1) is 5.10 Å². The van der Waals surface area contributed by atoms with E-state index in [-0.39, 0.29) is 0 Å². The minimum absolute atomic E-state index is 0.377. The van der Waals surface area contributed by atoms with Gasteiger partial charge in [0.2, 0.25) is 5.65 Å². The first-order valence-corrected chi connectivity index (χ1v) is 5.49. The lowest BCUT2D eigenvalue weighted by Crippen LogP contribution is -2.02. The second kappa shape index (κ2) is 4.45. The first kappa shape index (κ1) is 11.3. The number of methoxy groups -OCH3 is 1. The summed E-state index contributed by atoms with van der Waals surface area (Å²) < 4.78 is 4.66. The predicted molar refractivity (Wildman–Crippen MR) is 66.3 cm³/mol. The van der Waals surface area contributed by atoms with Gasteiger partial charge in [0.15, 0.2) is 0 Å². The molecule has 3 aromatic rings. The van der Waals surface area contributed by atoms with Crippen LogP contribution in [0.4, 0.5) is 0 Å². The molecule has 0 atom stereocenters. The van der Waals surface area contributed by atoms with E-state index in [9.17, 15) is 4.79 Å². The third kappa shape index (κ3) is 2.01. The van der Waals surface area contributed by atoms with E-state index in [4.69, 9.17) is 0 Å². The lowest BCUT2D eigenvalue weighted by molar-refractivity contribution is 0.0600. The van der Waals surface area contributed by atoms with Gasteiger partial charge in [0.1, 0.15) is 5.52 Å². The predicted octanol–water partition coefficient (Wildman–Crippen LogP) is 1.20. The summed E-state index contributed by atoms with van der Waals surface area (Å²) in [5, 5.41) is 10.2. The Balaban J connectivity index is 2.07. The maximum Gasteiger partial charge on any atom is 0.339 e. The van der Waals surface area contributed by atoms with Crippen molar-refractivity contribution in [1.29, 1.82) is 0 Å². The molecule has 0 unspecified atom stereocenters. The summed E-state index contributed by atoms with van der Waals surface area (Å²) in [5.74, 6) is -0.433. The molecule has 0 radical (unpaired) electrons. The zero-order valence-corrected chi connectivity index (χ0v) is 9.99. The molecule has 3 rings (SSSR count). The van der Waals surface area contributed by atoms with Crippen LogP contribution in [-0.4, -0.2) is 38.5 Å². The topological polar surface area (TPSA) is 93.7 Å². The SMILES string of the molecule is COC(=O)c1cncc(-c2ccc3[nH]nnc3n2)c1. The molecule has 1 N–H and O–H groups in total. The number of aromatic amines is 1. The van der Waals surface area contributed by atoms with E-state index in [2.05, 4.69) is 30.1 Å². The maximum atomic E-state index is 11.5. The molecule has 0 bridgehead atoms. The fourth-order valence-corrected chi connectivity index (χ4v) is 1.71. The number of hydrogen-bond acceptors (Lipinski definition) is 6. The van der Waals surface area contributed by atoms with E-state index < -0.39 is 5.97 Å². The Morgan fingerprint density at radius 2 is 2.21 bits per heavy atom. The molecular formula is C12H9N5O2. The van der Waals surface area contributed by atoms with Crippen LogP contribution in [0.15, 0.2) is 30.6 Å². The Labute approximate surface area is 107 Å². The third-order valence-electron chi connectivity index (χ3n) is 2.65. The monoisotopic (exact) mass is 255 g/mol. The average Bonchev–Trinajstić information content (AvgIpc) is 2.94. The molecule has 0 aliphatic heterocycles. The van der Waals surface area contributed by atoms with Crippen LogP contribution in [0.3, 0.4) is 0 Å². The van der Waals surface area contributed by atoms with Gasteiger partial charge in [-0.3, -0.25) is 10.1 Å². The van der Waals surface area contributed by atoms with Crippen LogP contribution in [0, 0.1) is 0 Å². The smallest absolute Gasteiger partial charge is 0.339 e. The average molecular weight is 255 g/mol. The molecule has 7 nitrogen and oxygen atoms in total. The third-order valence-corrected chi connectivity index (χ3v) is 2.65.